The van der Waals surface area contributed by atoms with Gasteiger partial charge in [-0.25, -0.2) is 8.42 Å². The van der Waals surface area contributed by atoms with E-state index < -0.39 is 36.6 Å². The molecule has 0 spiro atoms. The Morgan fingerprint density at radius 3 is 2.47 bits per heavy atom. The van der Waals surface area contributed by atoms with Crippen LogP contribution >= 0.6 is 11.8 Å². The van der Waals surface area contributed by atoms with Crippen molar-refractivity contribution in [3.05, 3.63) is 28.3 Å². The van der Waals surface area contributed by atoms with E-state index in [-0.39, 0.29) is 4.90 Å². The van der Waals surface area contributed by atoms with Gasteiger partial charge < -0.3 is 5.11 Å². The summed E-state index contributed by atoms with van der Waals surface area (Å²) in [5.74, 6) is -1.14. The molecule has 0 saturated heterocycles. The van der Waals surface area contributed by atoms with E-state index in [0.29, 0.717) is 0 Å². The van der Waals surface area contributed by atoms with E-state index in [0.717, 1.165) is 24.1 Å². The van der Waals surface area contributed by atoms with Crippen LogP contribution in [-0.2, 0) is 14.6 Å². The minimum atomic E-state index is -3.76. The molecule has 0 amide bonds. The average Bonchev–Trinajstić information content (AvgIpc) is 2.26. The van der Waals surface area contributed by atoms with E-state index >= 15 is 0 Å². The predicted molar refractivity (Wildman–Crippen MR) is 69.2 cm³/mol. The van der Waals surface area contributed by atoms with E-state index in [1.165, 1.54) is 19.1 Å². The van der Waals surface area contributed by atoms with Gasteiger partial charge in [0.15, 0.2) is 9.84 Å². The van der Waals surface area contributed by atoms with Crippen LogP contribution in [0.25, 0.3) is 0 Å². The third kappa shape index (κ3) is 3.67. The lowest BCUT2D eigenvalue weighted by atomic mass is 10.3. The number of thioether (sulfide) groups is 1. The molecule has 0 saturated carbocycles. The molecule has 0 aliphatic rings. The number of hydrogen-bond acceptors (Lipinski definition) is 6. The first-order valence-corrected chi connectivity index (χ1v) is 7.78. The third-order valence-electron chi connectivity index (χ3n) is 2.20. The van der Waals surface area contributed by atoms with Crippen molar-refractivity contribution < 1.29 is 23.2 Å². The highest BCUT2D eigenvalue weighted by molar-refractivity contribution is 8.00. The maximum Gasteiger partial charge on any atom is 0.316 e. The molecule has 1 unspecified atom stereocenters. The maximum atomic E-state index is 11.5. The van der Waals surface area contributed by atoms with Crippen LogP contribution < -0.4 is 0 Å². The molecular formula is C10H11NO6S2. The van der Waals surface area contributed by atoms with E-state index in [1.54, 1.807) is 0 Å². The second-order valence-electron chi connectivity index (χ2n) is 3.73. The van der Waals surface area contributed by atoms with Gasteiger partial charge in [-0.05, 0) is 19.1 Å². The number of nitro groups is 1. The monoisotopic (exact) mass is 305 g/mol. The van der Waals surface area contributed by atoms with Crippen molar-refractivity contribution in [1.29, 1.82) is 0 Å². The van der Waals surface area contributed by atoms with Gasteiger partial charge in [-0.2, -0.15) is 0 Å². The zero-order valence-electron chi connectivity index (χ0n) is 10.1. The molecule has 1 aromatic rings. The maximum absolute atomic E-state index is 11.5. The van der Waals surface area contributed by atoms with Crippen LogP contribution in [0.2, 0.25) is 0 Å². The smallest absolute Gasteiger partial charge is 0.316 e. The van der Waals surface area contributed by atoms with E-state index in [2.05, 4.69) is 0 Å². The van der Waals surface area contributed by atoms with Crippen molar-refractivity contribution in [1.82, 2.24) is 0 Å². The Morgan fingerprint density at radius 1 is 1.47 bits per heavy atom. The van der Waals surface area contributed by atoms with Crippen LogP contribution in [0.1, 0.15) is 6.92 Å². The van der Waals surface area contributed by atoms with Crippen molar-refractivity contribution in [2.24, 2.45) is 0 Å². The molecule has 0 aromatic heterocycles. The Labute approximate surface area is 113 Å². The molecule has 1 aromatic carbocycles. The van der Waals surface area contributed by atoms with Crippen molar-refractivity contribution >= 4 is 33.3 Å². The van der Waals surface area contributed by atoms with Gasteiger partial charge in [0.2, 0.25) is 0 Å². The molecule has 0 heterocycles. The summed E-state index contributed by atoms with van der Waals surface area (Å²) in [4.78, 5) is 20.6. The lowest BCUT2D eigenvalue weighted by Crippen LogP contribution is -2.12. The second kappa shape index (κ2) is 5.57. The number of carboxylic acids is 1. The first kappa shape index (κ1) is 15.4. The Morgan fingerprint density at radius 2 is 2.05 bits per heavy atom. The number of nitro benzene ring substituents is 1. The predicted octanol–water partition coefficient (Wildman–Crippen LogP) is 1.56. The Hall–Kier alpha value is -1.61. The fourth-order valence-electron chi connectivity index (χ4n) is 1.32. The van der Waals surface area contributed by atoms with Gasteiger partial charge in [-0.15, -0.1) is 11.8 Å². The van der Waals surface area contributed by atoms with Crippen LogP contribution in [0.4, 0.5) is 5.69 Å². The third-order valence-corrected chi connectivity index (χ3v) is 4.46. The number of aliphatic carboxylic acids is 1. The Kier molecular flexibility index (Phi) is 4.53. The molecular weight excluding hydrogens is 294 g/mol. The van der Waals surface area contributed by atoms with E-state index in [4.69, 9.17) is 5.11 Å². The van der Waals surface area contributed by atoms with E-state index in [9.17, 15) is 23.3 Å². The molecule has 0 bridgehead atoms. The Balaban J connectivity index is 3.42. The summed E-state index contributed by atoms with van der Waals surface area (Å²) < 4.78 is 23.0. The molecule has 7 nitrogen and oxygen atoms in total. The van der Waals surface area contributed by atoms with Gasteiger partial charge in [0.25, 0.3) is 0 Å². The largest absolute Gasteiger partial charge is 0.480 e. The number of hydrogen-bond donors (Lipinski definition) is 1. The first-order valence-electron chi connectivity index (χ1n) is 5.01. The van der Waals surface area contributed by atoms with Crippen molar-refractivity contribution in [2.75, 3.05) is 6.26 Å². The number of carboxylic acid groups (broad SMARTS) is 1. The van der Waals surface area contributed by atoms with Crippen LogP contribution in [0.3, 0.4) is 0 Å². The number of carbonyl (C=O) groups is 1. The van der Waals surface area contributed by atoms with Crippen LogP contribution in [-0.4, -0.2) is 35.9 Å². The quantitative estimate of drug-likeness (QED) is 0.498. The number of para-hydroxylation sites is 1. The lowest BCUT2D eigenvalue weighted by Gasteiger charge is -2.08. The lowest BCUT2D eigenvalue weighted by molar-refractivity contribution is -0.390. The minimum Gasteiger partial charge on any atom is -0.480 e. The van der Waals surface area contributed by atoms with Crippen LogP contribution in [0, 0.1) is 10.1 Å². The topological polar surface area (TPSA) is 115 Å². The molecule has 1 rings (SSSR count). The second-order valence-corrected chi connectivity index (χ2v) is 7.10. The van der Waals surface area contributed by atoms with Gasteiger partial charge in [0.1, 0.15) is 10.1 Å². The number of rotatable bonds is 5. The summed E-state index contributed by atoms with van der Waals surface area (Å²) in [7, 11) is -3.76. The highest BCUT2D eigenvalue weighted by atomic mass is 32.2. The number of nitrogens with zero attached hydrogens (tertiary/aromatic N) is 1. The van der Waals surface area contributed by atoms with Gasteiger partial charge in [0, 0.05) is 6.26 Å². The first-order chi connectivity index (χ1) is 8.64. The zero-order chi connectivity index (χ0) is 14.8. The van der Waals surface area contributed by atoms with Crippen molar-refractivity contribution in [2.45, 2.75) is 22.0 Å². The summed E-state index contributed by atoms with van der Waals surface area (Å²) >= 11 is 0.731. The summed E-state index contributed by atoms with van der Waals surface area (Å²) in [5, 5.41) is 18.9. The van der Waals surface area contributed by atoms with Gasteiger partial charge in [-0.1, -0.05) is 6.07 Å². The standard InChI is InChI=1S/C10H11NO6S2/c1-6(10(12)13)18-7-4-3-5-8(19(2,16)17)9(7)11(14)15/h3-6H,1-2H3,(H,12,13). The number of benzene rings is 1. The Bertz CT molecular complexity index is 625. The fourth-order valence-corrected chi connectivity index (χ4v) is 3.18. The fraction of sp³-hybridized carbons (Fsp3) is 0.300. The summed E-state index contributed by atoms with van der Waals surface area (Å²) in [6, 6.07) is 3.81. The summed E-state index contributed by atoms with van der Waals surface area (Å²) in [5.41, 5.74) is -0.580. The molecule has 1 N–H and O–H groups in total. The molecule has 0 aliphatic heterocycles. The molecule has 1 atom stereocenters. The highest BCUT2D eigenvalue weighted by Gasteiger charge is 2.28. The molecule has 19 heavy (non-hydrogen) atoms. The van der Waals surface area contributed by atoms with Crippen molar-refractivity contribution in [3.8, 4) is 0 Å². The zero-order valence-corrected chi connectivity index (χ0v) is 11.7. The van der Waals surface area contributed by atoms with Crippen molar-refractivity contribution in [3.63, 3.8) is 0 Å². The van der Waals surface area contributed by atoms with Crippen LogP contribution in [0.15, 0.2) is 28.0 Å². The number of sulfone groups is 1. The summed E-state index contributed by atoms with van der Waals surface area (Å²) in [6.45, 7) is 1.36. The van der Waals surface area contributed by atoms with Gasteiger partial charge >= 0.3 is 11.7 Å². The molecule has 104 valence electrons. The SMILES string of the molecule is CC(Sc1cccc(S(C)(=O)=O)c1[N+](=O)[O-])C(=O)O. The molecule has 0 radical (unpaired) electrons. The molecule has 0 aliphatic carbocycles. The van der Waals surface area contributed by atoms with Crippen LogP contribution in [0.5, 0.6) is 0 Å². The molecule has 0 fully saturated rings. The van der Waals surface area contributed by atoms with Gasteiger partial charge in [-0.3, -0.25) is 14.9 Å². The molecule has 9 heteroatoms. The minimum absolute atomic E-state index is 0.0165. The highest BCUT2D eigenvalue weighted by Crippen LogP contribution is 2.36. The normalized spacial score (nSPS) is 12.9. The van der Waals surface area contributed by atoms with E-state index in [1.807, 2.05) is 0 Å². The summed E-state index contributed by atoms with van der Waals surface area (Å²) in [6.07, 6.45) is 0.865. The van der Waals surface area contributed by atoms with Gasteiger partial charge in [0.05, 0.1) is 9.82 Å². The average molecular weight is 305 g/mol.